The Morgan fingerprint density at radius 1 is 1.31 bits per heavy atom. The zero-order valence-electron chi connectivity index (χ0n) is 9.07. The topological polar surface area (TPSA) is 42.1 Å². The van der Waals surface area contributed by atoms with E-state index in [4.69, 9.17) is 4.74 Å². The van der Waals surface area contributed by atoms with E-state index in [-0.39, 0.29) is 0 Å². The lowest BCUT2D eigenvalue weighted by atomic mass is 10.1. The summed E-state index contributed by atoms with van der Waals surface area (Å²) in [5.41, 5.74) is 2.90. The van der Waals surface area contributed by atoms with Gasteiger partial charge in [-0.3, -0.25) is 4.79 Å². The van der Waals surface area contributed by atoms with Gasteiger partial charge in [0.05, 0.1) is 7.11 Å². The van der Waals surface area contributed by atoms with E-state index in [1.54, 1.807) is 13.3 Å². The first-order chi connectivity index (χ1) is 7.81. The minimum absolute atomic E-state index is 0.684. The van der Waals surface area contributed by atoms with E-state index in [0.717, 1.165) is 24.2 Å². The van der Waals surface area contributed by atoms with E-state index in [1.807, 2.05) is 30.3 Å². The first kappa shape index (κ1) is 10.5. The molecule has 0 fully saturated rings. The van der Waals surface area contributed by atoms with Crippen molar-refractivity contribution in [3.8, 4) is 5.75 Å². The zero-order valence-corrected chi connectivity index (χ0v) is 9.07. The van der Waals surface area contributed by atoms with Crippen molar-refractivity contribution >= 4 is 6.29 Å². The Morgan fingerprint density at radius 3 is 2.62 bits per heavy atom. The highest BCUT2D eigenvalue weighted by Crippen LogP contribution is 2.14. The fourth-order valence-corrected chi connectivity index (χ4v) is 1.59. The second kappa shape index (κ2) is 4.66. The molecule has 0 unspecified atom stereocenters. The zero-order chi connectivity index (χ0) is 11.4. The van der Waals surface area contributed by atoms with Gasteiger partial charge in [-0.2, -0.15) is 0 Å². The predicted molar refractivity (Wildman–Crippen MR) is 62.0 cm³/mol. The molecule has 1 N–H and O–H groups in total. The standard InChI is InChI=1S/C13H13NO2/c1-16-13-4-2-10(3-5-13)6-12-7-11(9-15)8-14-12/h2-5,7-9,14H,6H2,1H3. The Balaban J connectivity index is 2.10. The molecule has 0 saturated carbocycles. The van der Waals surface area contributed by atoms with Crippen LogP contribution in [0.25, 0.3) is 0 Å². The average Bonchev–Trinajstić information content (AvgIpc) is 2.78. The number of nitrogens with one attached hydrogen (secondary N) is 1. The van der Waals surface area contributed by atoms with Crippen LogP contribution in [-0.2, 0) is 6.42 Å². The van der Waals surface area contributed by atoms with Crippen LogP contribution in [0.5, 0.6) is 5.75 Å². The monoisotopic (exact) mass is 215 g/mol. The molecule has 0 bridgehead atoms. The maximum Gasteiger partial charge on any atom is 0.151 e. The summed E-state index contributed by atoms with van der Waals surface area (Å²) in [4.78, 5) is 13.6. The number of carbonyl (C=O) groups is 1. The summed E-state index contributed by atoms with van der Waals surface area (Å²) in [6, 6.07) is 9.75. The van der Waals surface area contributed by atoms with Crippen molar-refractivity contribution in [1.29, 1.82) is 0 Å². The van der Waals surface area contributed by atoms with Crippen molar-refractivity contribution < 1.29 is 9.53 Å². The first-order valence-corrected chi connectivity index (χ1v) is 5.07. The average molecular weight is 215 g/mol. The quantitative estimate of drug-likeness (QED) is 0.796. The molecule has 3 nitrogen and oxygen atoms in total. The van der Waals surface area contributed by atoms with E-state index in [2.05, 4.69) is 4.98 Å². The number of ether oxygens (including phenoxy) is 1. The number of aromatic amines is 1. The normalized spacial score (nSPS) is 10.1. The molecule has 1 aromatic carbocycles. The van der Waals surface area contributed by atoms with Gasteiger partial charge in [0.2, 0.25) is 0 Å². The molecule has 0 amide bonds. The summed E-state index contributed by atoms with van der Waals surface area (Å²) >= 11 is 0. The third-order valence-electron chi connectivity index (χ3n) is 2.45. The molecule has 0 aliphatic heterocycles. The Labute approximate surface area is 94.1 Å². The van der Waals surface area contributed by atoms with Crippen LogP contribution in [0.2, 0.25) is 0 Å². The van der Waals surface area contributed by atoms with Gasteiger partial charge >= 0.3 is 0 Å². The van der Waals surface area contributed by atoms with Crippen LogP contribution in [0.3, 0.4) is 0 Å². The molecule has 0 aliphatic carbocycles. The first-order valence-electron chi connectivity index (χ1n) is 5.07. The van der Waals surface area contributed by atoms with Gasteiger partial charge in [-0.25, -0.2) is 0 Å². The molecule has 2 aromatic rings. The molecule has 2 rings (SSSR count). The summed E-state index contributed by atoms with van der Waals surface area (Å²) < 4.78 is 5.09. The molecule has 0 atom stereocenters. The summed E-state index contributed by atoms with van der Waals surface area (Å²) in [5.74, 6) is 0.851. The van der Waals surface area contributed by atoms with Crippen LogP contribution in [0.4, 0.5) is 0 Å². The maximum absolute atomic E-state index is 10.5. The highest BCUT2D eigenvalue weighted by Gasteiger charge is 2.00. The maximum atomic E-state index is 10.5. The van der Waals surface area contributed by atoms with Crippen molar-refractivity contribution in [3.63, 3.8) is 0 Å². The van der Waals surface area contributed by atoms with Gasteiger partial charge in [0.25, 0.3) is 0 Å². The largest absolute Gasteiger partial charge is 0.497 e. The highest BCUT2D eigenvalue weighted by atomic mass is 16.5. The van der Waals surface area contributed by atoms with Crippen LogP contribution >= 0.6 is 0 Å². The molecule has 82 valence electrons. The Morgan fingerprint density at radius 2 is 2.06 bits per heavy atom. The van der Waals surface area contributed by atoms with Crippen LogP contribution < -0.4 is 4.74 Å². The molecule has 0 radical (unpaired) electrons. The van der Waals surface area contributed by atoms with Crippen molar-refractivity contribution in [2.24, 2.45) is 0 Å². The fourth-order valence-electron chi connectivity index (χ4n) is 1.59. The number of aromatic nitrogens is 1. The number of carbonyl (C=O) groups excluding carboxylic acids is 1. The molecule has 3 heteroatoms. The van der Waals surface area contributed by atoms with Gasteiger partial charge in [-0.1, -0.05) is 12.1 Å². The van der Waals surface area contributed by atoms with Gasteiger partial charge in [-0.05, 0) is 23.8 Å². The van der Waals surface area contributed by atoms with Gasteiger partial charge in [-0.15, -0.1) is 0 Å². The molecular weight excluding hydrogens is 202 g/mol. The Bertz CT molecular complexity index is 471. The van der Waals surface area contributed by atoms with Crippen LogP contribution in [0, 0.1) is 0 Å². The van der Waals surface area contributed by atoms with E-state index in [1.165, 1.54) is 5.56 Å². The summed E-state index contributed by atoms with van der Waals surface area (Å²) in [7, 11) is 1.65. The number of aldehydes is 1. The minimum atomic E-state index is 0.684. The van der Waals surface area contributed by atoms with Gasteiger partial charge in [0.15, 0.2) is 6.29 Å². The van der Waals surface area contributed by atoms with E-state index in [0.29, 0.717) is 5.56 Å². The summed E-state index contributed by atoms with van der Waals surface area (Å²) in [6.45, 7) is 0. The number of rotatable bonds is 4. The molecule has 0 spiro atoms. The lowest BCUT2D eigenvalue weighted by Crippen LogP contribution is -1.88. The van der Waals surface area contributed by atoms with Crippen molar-refractivity contribution in [2.75, 3.05) is 7.11 Å². The Hall–Kier alpha value is -2.03. The second-order valence-corrected chi connectivity index (χ2v) is 3.60. The van der Waals surface area contributed by atoms with Crippen LogP contribution in [0.15, 0.2) is 36.5 Å². The molecule has 1 heterocycles. The van der Waals surface area contributed by atoms with Crippen molar-refractivity contribution in [2.45, 2.75) is 6.42 Å². The predicted octanol–water partition coefficient (Wildman–Crippen LogP) is 2.43. The van der Waals surface area contributed by atoms with Crippen molar-refractivity contribution in [1.82, 2.24) is 4.98 Å². The summed E-state index contributed by atoms with van der Waals surface area (Å²) in [5, 5.41) is 0. The van der Waals surface area contributed by atoms with Crippen LogP contribution in [-0.4, -0.2) is 18.4 Å². The Kier molecular flexibility index (Phi) is 3.05. The second-order valence-electron chi connectivity index (χ2n) is 3.60. The SMILES string of the molecule is COc1ccc(Cc2cc(C=O)c[nH]2)cc1. The minimum Gasteiger partial charge on any atom is -0.497 e. The van der Waals surface area contributed by atoms with E-state index < -0.39 is 0 Å². The molecule has 16 heavy (non-hydrogen) atoms. The van der Waals surface area contributed by atoms with Gasteiger partial charge in [0, 0.05) is 23.9 Å². The lowest BCUT2D eigenvalue weighted by Gasteiger charge is -2.01. The highest BCUT2D eigenvalue weighted by molar-refractivity contribution is 5.74. The number of methoxy groups -OCH3 is 1. The number of benzene rings is 1. The summed E-state index contributed by atoms with van der Waals surface area (Å²) in [6.07, 6.45) is 3.34. The molecule has 1 aromatic heterocycles. The van der Waals surface area contributed by atoms with E-state index in [9.17, 15) is 4.79 Å². The van der Waals surface area contributed by atoms with E-state index >= 15 is 0 Å². The van der Waals surface area contributed by atoms with Crippen LogP contribution in [0.1, 0.15) is 21.6 Å². The van der Waals surface area contributed by atoms with Gasteiger partial charge < -0.3 is 9.72 Å². The smallest absolute Gasteiger partial charge is 0.151 e. The van der Waals surface area contributed by atoms with Crippen molar-refractivity contribution in [3.05, 3.63) is 53.3 Å². The van der Waals surface area contributed by atoms with Gasteiger partial charge in [0.1, 0.15) is 5.75 Å². The number of hydrogen-bond donors (Lipinski definition) is 1. The fraction of sp³-hybridized carbons (Fsp3) is 0.154. The third-order valence-corrected chi connectivity index (χ3v) is 2.45. The molecule has 0 saturated heterocycles. The lowest BCUT2D eigenvalue weighted by molar-refractivity contribution is 0.112. The third kappa shape index (κ3) is 2.31. The molecular formula is C13H13NO2. The number of H-pyrrole nitrogens is 1. The molecule has 0 aliphatic rings. The number of hydrogen-bond acceptors (Lipinski definition) is 2.